The molecule has 0 saturated carbocycles. The van der Waals surface area contributed by atoms with Gasteiger partial charge in [0.05, 0.1) is 17.8 Å². The lowest BCUT2D eigenvalue weighted by Crippen LogP contribution is -2.47. The van der Waals surface area contributed by atoms with Crippen LogP contribution < -0.4 is 10.6 Å². The quantitative estimate of drug-likeness (QED) is 0.213. The molecule has 9 rings (SSSR count). The van der Waals surface area contributed by atoms with Gasteiger partial charge in [-0.2, -0.15) is 0 Å². The summed E-state index contributed by atoms with van der Waals surface area (Å²) in [5, 5.41) is 8.03. The first-order chi connectivity index (χ1) is 25.1. The van der Waals surface area contributed by atoms with E-state index < -0.39 is 0 Å². The lowest BCUT2D eigenvalue weighted by Gasteiger charge is -2.39. The average molecular weight is 682 g/mol. The molecule has 0 aromatic heterocycles. The fourth-order valence-corrected chi connectivity index (χ4v) is 10.1. The van der Waals surface area contributed by atoms with Gasteiger partial charge in [-0.15, -0.1) is 0 Å². The van der Waals surface area contributed by atoms with Crippen molar-refractivity contribution in [2.45, 2.75) is 50.9 Å². The van der Waals surface area contributed by atoms with E-state index in [0.29, 0.717) is 5.92 Å². The van der Waals surface area contributed by atoms with E-state index in [-0.39, 0.29) is 30.1 Å². The average Bonchev–Trinajstić information content (AvgIpc) is 3.58. The van der Waals surface area contributed by atoms with Gasteiger partial charge < -0.3 is 5.32 Å². The molecule has 0 saturated heterocycles. The first-order valence-electron chi connectivity index (χ1n) is 18.4. The number of dihydropyridines is 1. The zero-order valence-electron chi connectivity index (χ0n) is 29.2. The van der Waals surface area contributed by atoms with Gasteiger partial charge in [-0.3, -0.25) is 10.3 Å². The number of hydrogen-bond acceptors (Lipinski definition) is 4. The molecule has 2 N–H and O–H groups in total. The van der Waals surface area contributed by atoms with Crippen molar-refractivity contribution in [1.29, 1.82) is 0 Å². The predicted octanol–water partition coefficient (Wildman–Crippen LogP) is 11.1. The summed E-state index contributed by atoms with van der Waals surface area (Å²) in [6, 6.07) is 39.3. The summed E-state index contributed by atoms with van der Waals surface area (Å²) in [7, 11) is 0. The normalized spacial score (nSPS) is 26.6. The summed E-state index contributed by atoms with van der Waals surface area (Å²) >= 11 is 1.95. The number of rotatable bonds is 6. The highest BCUT2D eigenvalue weighted by atomic mass is 32.2. The monoisotopic (exact) mass is 681 g/mol. The van der Waals surface area contributed by atoms with Crippen LogP contribution in [0.2, 0.25) is 0 Å². The molecule has 51 heavy (non-hydrogen) atoms. The number of nitrogens with zero attached hydrogens (tertiary/aromatic N) is 1. The lowest BCUT2D eigenvalue weighted by molar-refractivity contribution is 0.412. The summed E-state index contributed by atoms with van der Waals surface area (Å²) in [6.07, 6.45) is 13.7. The summed E-state index contributed by atoms with van der Waals surface area (Å²) in [6.45, 7) is 9.63. The van der Waals surface area contributed by atoms with Gasteiger partial charge in [0.2, 0.25) is 0 Å². The third-order valence-corrected chi connectivity index (χ3v) is 12.6. The zero-order valence-corrected chi connectivity index (χ0v) is 30.0. The Balaban J connectivity index is 1.17. The van der Waals surface area contributed by atoms with Crippen LogP contribution in [0.1, 0.15) is 78.2 Å². The minimum absolute atomic E-state index is 0.00301. The van der Waals surface area contributed by atoms with E-state index in [2.05, 4.69) is 164 Å². The van der Waals surface area contributed by atoms with Gasteiger partial charge in [0, 0.05) is 28.4 Å². The maximum absolute atomic E-state index is 5.46. The number of nitrogens with one attached hydrogen (secondary N) is 2. The van der Waals surface area contributed by atoms with Crippen LogP contribution in [-0.2, 0) is 0 Å². The Morgan fingerprint density at radius 2 is 1.57 bits per heavy atom. The minimum atomic E-state index is 0.00301. The molecule has 2 aliphatic carbocycles. The number of allylic oxidation sites excluding steroid dienone is 6. The standard InChI is InChI=1S/C47H43N3S/c1-4-34-39(28-40(31-17-8-5-9-18-31)48-43(34)32-19-10-6-11-20-32)36-25-16-24-35-29(2)27-38(30(3)42(35)36)45-46-44(37-23-14-15-26-41(37)51-46)49-47(50-45)33-21-12-7-13-22-33/h5-22,24-29,34,37,43,45,47,49-50H,3-4,23H2,1-2H3/t29?,34-,37?,43?,45?,47?/m1/s1. The van der Waals surface area contributed by atoms with Crippen molar-refractivity contribution in [2.24, 2.45) is 16.8 Å². The van der Waals surface area contributed by atoms with Crippen LogP contribution in [0.3, 0.4) is 0 Å². The minimum Gasteiger partial charge on any atom is -0.368 e. The first-order valence-corrected chi connectivity index (χ1v) is 19.2. The van der Waals surface area contributed by atoms with Crippen molar-refractivity contribution in [3.8, 4) is 0 Å². The molecule has 0 spiro atoms. The molecule has 3 heterocycles. The Bertz CT molecular complexity index is 2190. The number of benzene rings is 4. The molecule has 4 aromatic rings. The highest BCUT2D eigenvalue weighted by molar-refractivity contribution is 8.07. The maximum Gasteiger partial charge on any atom is 0.104 e. The Labute approximate surface area is 306 Å². The third kappa shape index (κ3) is 5.62. The summed E-state index contributed by atoms with van der Waals surface area (Å²) in [5.41, 5.74) is 13.7. The van der Waals surface area contributed by atoms with Crippen LogP contribution in [0.15, 0.2) is 172 Å². The summed E-state index contributed by atoms with van der Waals surface area (Å²) in [4.78, 5) is 8.28. The van der Waals surface area contributed by atoms with Crippen LogP contribution in [-0.4, -0.2) is 11.8 Å². The summed E-state index contributed by atoms with van der Waals surface area (Å²) < 4.78 is 0. The van der Waals surface area contributed by atoms with E-state index in [1.807, 2.05) is 11.8 Å². The van der Waals surface area contributed by atoms with Crippen LogP contribution in [0.5, 0.6) is 0 Å². The molecule has 0 amide bonds. The highest BCUT2D eigenvalue weighted by Gasteiger charge is 2.43. The molecule has 0 bridgehead atoms. The SMILES string of the molecule is C=C1C(C2NC(c3ccccc3)NC3=C2SC2=CC=CCC23)=CC(C)c2cccc(C3=CC(c4ccccc4)=NC(c4ccccc4)[C@@H]3CC)c21. The smallest absolute Gasteiger partial charge is 0.104 e. The number of thioether (sulfide) groups is 1. The van der Waals surface area contributed by atoms with Gasteiger partial charge in [0.25, 0.3) is 0 Å². The molecule has 4 heteroatoms. The lowest BCUT2D eigenvalue weighted by atomic mass is 9.72. The number of fused-ring (bicyclic) bond motifs is 3. The Hall–Kier alpha value is -4.90. The third-order valence-electron chi connectivity index (χ3n) is 11.3. The van der Waals surface area contributed by atoms with Crippen molar-refractivity contribution in [3.05, 3.63) is 201 Å². The molecule has 252 valence electrons. The van der Waals surface area contributed by atoms with E-state index in [4.69, 9.17) is 11.6 Å². The molecule has 5 unspecified atom stereocenters. The van der Waals surface area contributed by atoms with Crippen molar-refractivity contribution >= 4 is 28.6 Å². The van der Waals surface area contributed by atoms with E-state index in [0.717, 1.165) is 29.7 Å². The van der Waals surface area contributed by atoms with Gasteiger partial charge in [-0.1, -0.05) is 166 Å². The Kier molecular flexibility index (Phi) is 8.38. The maximum atomic E-state index is 5.46. The molecule has 4 aromatic carbocycles. The molecule has 5 aliphatic rings. The van der Waals surface area contributed by atoms with Crippen LogP contribution >= 0.6 is 11.8 Å². The zero-order chi connectivity index (χ0) is 34.5. The fourth-order valence-electron chi connectivity index (χ4n) is 8.76. The summed E-state index contributed by atoms with van der Waals surface area (Å²) in [5.74, 6) is 0.847. The van der Waals surface area contributed by atoms with Gasteiger partial charge in [-0.25, -0.2) is 0 Å². The van der Waals surface area contributed by atoms with Crippen molar-refractivity contribution in [3.63, 3.8) is 0 Å². The van der Waals surface area contributed by atoms with Gasteiger partial charge in [0.15, 0.2) is 0 Å². The van der Waals surface area contributed by atoms with E-state index in [9.17, 15) is 0 Å². The van der Waals surface area contributed by atoms with Crippen molar-refractivity contribution in [2.75, 3.05) is 0 Å². The molecular weight excluding hydrogens is 639 g/mol. The molecule has 0 radical (unpaired) electrons. The largest absolute Gasteiger partial charge is 0.368 e. The highest BCUT2D eigenvalue weighted by Crippen LogP contribution is 2.54. The Morgan fingerprint density at radius 3 is 2.31 bits per heavy atom. The van der Waals surface area contributed by atoms with Gasteiger partial charge in [0.1, 0.15) is 6.17 Å². The fraction of sp³-hybridized carbons (Fsp3) is 0.213. The van der Waals surface area contributed by atoms with Crippen molar-refractivity contribution in [1.82, 2.24) is 10.6 Å². The van der Waals surface area contributed by atoms with E-state index in [1.54, 1.807) is 0 Å². The van der Waals surface area contributed by atoms with Gasteiger partial charge >= 0.3 is 0 Å². The van der Waals surface area contributed by atoms with Crippen LogP contribution in [0.4, 0.5) is 0 Å². The van der Waals surface area contributed by atoms with Crippen LogP contribution in [0, 0.1) is 11.8 Å². The molecule has 3 aliphatic heterocycles. The second kappa shape index (κ2) is 13.3. The van der Waals surface area contributed by atoms with Crippen LogP contribution in [0.25, 0.3) is 11.1 Å². The molecular formula is C47H43N3S. The Morgan fingerprint density at radius 1 is 0.843 bits per heavy atom. The van der Waals surface area contributed by atoms with E-state index >= 15 is 0 Å². The first kappa shape index (κ1) is 32.0. The topological polar surface area (TPSA) is 36.4 Å². The number of aliphatic imine (C=N–C) groups is 1. The molecule has 0 fully saturated rings. The second-order valence-corrected chi connectivity index (χ2v) is 15.4. The number of hydrogen-bond donors (Lipinski definition) is 2. The molecule has 6 atom stereocenters. The van der Waals surface area contributed by atoms with Crippen molar-refractivity contribution < 1.29 is 0 Å². The molecule has 3 nitrogen and oxygen atoms in total. The predicted molar refractivity (Wildman–Crippen MR) is 215 cm³/mol. The second-order valence-electron chi connectivity index (χ2n) is 14.3. The van der Waals surface area contributed by atoms with E-state index in [1.165, 1.54) is 54.5 Å². The van der Waals surface area contributed by atoms with Gasteiger partial charge in [-0.05, 0) is 73.9 Å².